The molecule has 7 heteroatoms. The molecule has 2 aromatic heterocycles. The van der Waals surface area contributed by atoms with Crippen LogP contribution >= 0.6 is 0 Å². The second kappa shape index (κ2) is 14.2. The Morgan fingerprint density at radius 1 is 0.714 bits per heavy atom. The minimum Gasteiger partial charge on any atom is -0.507 e. The summed E-state index contributed by atoms with van der Waals surface area (Å²) in [4.78, 5) is 22.9. The van der Waals surface area contributed by atoms with Crippen molar-refractivity contribution in [3.63, 3.8) is 0 Å². The molecular formula is C42H40N4O3. The first kappa shape index (κ1) is 31.9. The van der Waals surface area contributed by atoms with Gasteiger partial charge in [0.15, 0.2) is 0 Å². The lowest BCUT2D eigenvalue weighted by Gasteiger charge is -2.20. The summed E-state index contributed by atoms with van der Waals surface area (Å²) < 4.78 is 9.58. The van der Waals surface area contributed by atoms with Crippen molar-refractivity contribution in [3.05, 3.63) is 138 Å². The van der Waals surface area contributed by atoms with Crippen LogP contribution in [0.2, 0.25) is 0 Å². The van der Waals surface area contributed by atoms with Crippen LogP contribution in [-0.2, 0) is 17.8 Å². The fourth-order valence-corrected chi connectivity index (χ4v) is 6.93. The number of hydrogen-bond acceptors (Lipinski definition) is 5. The molecule has 0 spiro atoms. The number of carbonyl (C=O) groups is 1. The first-order valence-electron chi connectivity index (χ1n) is 17.0. The van der Waals surface area contributed by atoms with Gasteiger partial charge in [0, 0.05) is 24.6 Å². The standard InChI is InChI=1S/C42H40N4O3/c1-3-4-13-26-46-39-34(20-14-21-35(39)43-40(46)33-19-11-12-22-38(33)47)41-44-36-28-31(42(48)49-2)23-24-37(36)45(41)27-25-32(29-15-7-5-8-16-29)30-17-9-6-10-18-30/h5-12,14-24,28,32,47H,3-4,13,25-27H2,1-2H3. The van der Waals surface area contributed by atoms with E-state index in [-0.39, 0.29) is 11.7 Å². The molecule has 0 aliphatic rings. The minimum absolute atomic E-state index is 0.171. The minimum atomic E-state index is -0.394. The predicted molar refractivity (Wildman–Crippen MR) is 196 cm³/mol. The van der Waals surface area contributed by atoms with Crippen LogP contribution in [0.1, 0.15) is 60.0 Å². The average molecular weight is 649 g/mol. The predicted octanol–water partition coefficient (Wildman–Crippen LogP) is 9.62. The molecule has 0 saturated carbocycles. The molecule has 7 aromatic rings. The topological polar surface area (TPSA) is 82.2 Å². The summed E-state index contributed by atoms with van der Waals surface area (Å²) in [6, 6.07) is 40.5. The smallest absolute Gasteiger partial charge is 0.337 e. The van der Waals surface area contributed by atoms with Crippen LogP contribution in [0, 0.1) is 0 Å². The van der Waals surface area contributed by atoms with Gasteiger partial charge in [0.25, 0.3) is 0 Å². The van der Waals surface area contributed by atoms with E-state index in [1.807, 2.05) is 48.5 Å². The van der Waals surface area contributed by atoms with Crippen molar-refractivity contribution in [1.29, 1.82) is 0 Å². The van der Waals surface area contributed by atoms with Gasteiger partial charge in [-0.2, -0.15) is 0 Å². The van der Waals surface area contributed by atoms with E-state index in [4.69, 9.17) is 14.7 Å². The van der Waals surface area contributed by atoms with Crippen LogP contribution in [0.4, 0.5) is 0 Å². The molecule has 0 radical (unpaired) electrons. The highest BCUT2D eigenvalue weighted by Crippen LogP contribution is 2.38. The van der Waals surface area contributed by atoms with Crippen molar-refractivity contribution < 1.29 is 14.6 Å². The van der Waals surface area contributed by atoms with Gasteiger partial charge in [0.2, 0.25) is 0 Å². The van der Waals surface area contributed by atoms with E-state index in [1.165, 1.54) is 18.2 Å². The van der Waals surface area contributed by atoms with Crippen LogP contribution < -0.4 is 0 Å². The lowest BCUT2D eigenvalue weighted by atomic mass is 9.88. The highest BCUT2D eigenvalue weighted by Gasteiger charge is 2.23. The van der Waals surface area contributed by atoms with Gasteiger partial charge in [-0.3, -0.25) is 0 Å². The highest BCUT2D eigenvalue weighted by molar-refractivity contribution is 5.97. The number of carbonyl (C=O) groups excluding carboxylic acids is 1. The summed E-state index contributed by atoms with van der Waals surface area (Å²) in [6.07, 6.45) is 3.98. The molecule has 0 aliphatic carbocycles. The summed E-state index contributed by atoms with van der Waals surface area (Å²) in [5.41, 5.74) is 8.12. The van der Waals surface area contributed by atoms with E-state index >= 15 is 0 Å². The summed E-state index contributed by atoms with van der Waals surface area (Å²) in [7, 11) is 1.40. The maximum Gasteiger partial charge on any atom is 0.337 e. The van der Waals surface area contributed by atoms with Crippen LogP contribution in [-0.4, -0.2) is 37.3 Å². The van der Waals surface area contributed by atoms with Crippen molar-refractivity contribution in [2.24, 2.45) is 0 Å². The largest absolute Gasteiger partial charge is 0.507 e. The zero-order chi connectivity index (χ0) is 33.7. The number of nitrogens with zero attached hydrogens (tertiary/aromatic N) is 4. The van der Waals surface area contributed by atoms with Crippen LogP contribution in [0.3, 0.4) is 0 Å². The van der Waals surface area contributed by atoms with Crippen molar-refractivity contribution in [1.82, 2.24) is 19.1 Å². The Labute approximate surface area is 286 Å². The second-order valence-electron chi connectivity index (χ2n) is 12.4. The number of phenolic OH excluding ortho intramolecular Hbond substituents is 1. The number of rotatable bonds is 12. The molecule has 49 heavy (non-hydrogen) atoms. The quantitative estimate of drug-likeness (QED) is 0.105. The molecular weight excluding hydrogens is 608 g/mol. The Hall–Kier alpha value is -5.69. The lowest BCUT2D eigenvalue weighted by molar-refractivity contribution is 0.0601. The molecule has 0 saturated heterocycles. The molecule has 7 rings (SSSR count). The van der Waals surface area contributed by atoms with Crippen molar-refractivity contribution in [2.75, 3.05) is 7.11 Å². The van der Waals surface area contributed by atoms with E-state index < -0.39 is 5.97 Å². The number of ether oxygens (including phenoxy) is 1. The maximum atomic E-state index is 12.6. The number of aryl methyl sites for hydroxylation is 2. The molecule has 5 aromatic carbocycles. The van der Waals surface area contributed by atoms with Gasteiger partial charge >= 0.3 is 5.97 Å². The third-order valence-electron chi connectivity index (χ3n) is 9.35. The summed E-state index contributed by atoms with van der Waals surface area (Å²) in [5.74, 6) is 1.52. The number of imidazole rings is 2. The number of unbranched alkanes of at least 4 members (excludes halogenated alkanes) is 2. The Morgan fingerprint density at radius 3 is 2.06 bits per heavy atom. The maximum absolute atomic E-state index is 12.6. The fourth-order valence-electron chi connectivity index (χ4n) is 6.93. The van der Waals surface area contributed by atoms with Crippen molar-refractivity contribution >= 4 is 28.0 Å². The molecule has 7 nitrogen and oxygen atoms in total. The van der Waals surface area contributed by atoms with Crippen molar-refractivity contribution in [3.8, 4) is 28.5 Å². The first-order valence-corrected chi connectivity index (χ1v) is 17.0. The van der Waals surface area contributed by atoms with E-state index in [9.17, 15) is 9.90 Å². The first-order chi connectivity index (χ1) is 24.1. The number of hydrogen-bond donors (Lipinski definition) is 1. The van der Waals surface area contributed by atoms with E-state index in [1.54, 1.807) is 6.07 Å². The molecule has 1 N–H and O–H groups in total. The molecule has 0 fully saturated rings. The normalized spacial score (nSPS) is 11.5. The number of benzene rings is 5. The average Bonchev–Trinajstić information content (AvgIpc) is 3.70. The van der Waals surface area contributed by atoms with E-state index in [0.717, 1.165) is 71.5 Å². The number of para-hydroxylation sites is 2. The molecule has 246 valence electrons. The zero-order valence-corrected chi connectivity index (χ0v) is 27.9. The monoisotopic (exact) mass is 648 g/mol. The molecule has 0 bridgehead atoms. The number of aromatic hydroxyl groups is 1. The van der Waals surface area contributed by atoms with Crippen molar-refractivity contribution in [2.45, 2.75) is 51.6 Å². The molecule has 2 heterocycles. The SMILES string of the molecule is CCCCCn1c(-c2ccccc2O)nc2cccc(-c3nc4cc(C(=O)OC)ccc4n3CCC(c3ccccc3)c3ccccc3)c21. The molecule has 0 aliphatic heterocycles. The van der Waals surface area contributed by atoms with Gasteiger partial charge in [-0.1, -0.05) is 98.6 Å². The Morgan fingerprint density at radius 2 is 1.37 bits per heavy atom. The number of phenols is 1. The third-order valence-corrected chi connectivity index (χ3v) is 9.35. The third kappa shape index (κ3) is 6.32. The van der Waals surface area contributed by atoms with Crippen LogP contribution in [0.5, 0.6) is 5.75 Å². The van der Waals surface area contributed by atoms with Crippen LogP contribution in [0.15, 0.2) is 121 Å². The van der Waals surface area contributed by atoms with Gasteiger partial charge in [-0.05, 0) is 66.4 Å². The number of esters is 1. The zero-order valence-electron chi connectivity index (χ0n) is 27.9. The van der Waals surface area contributed by atoms with Crippen LogP contribution in [0.25, 0.3) is 44.8 Å². The fraction of sp³-hybridized carbons (Fsp3) is 0.214. The summed E-state index contributed by atoms with van der Waals surface area (Å²) in [6.45, 7) is 3.64. The van der Waals surface area contributed by atoms with Gasteiger partial charge in [-0.15, -0.1) is 0 Å². The number of methoxy groups -OCH3 is 1. The van der Waals surface area contributed by atoms with Gasteiger partial charge in [0.1, 0.15) is 17.4 Å². The van der Waals surface area contributed by atoms with Gasteiger partial charge in [-0.25, -0.2) is 14.8 Å². The lowest BCUT2D eigenvalue weighted by Crippen LogP contribution is -2.09. The highest BCUT2D eigenvalue weighted by atomic mass is 16.5. The van der Waals surface area contributed by atoms with Gasteiger partial charge in [0.05, 0.1) is 40.3 Å². The Bertz CT molecular complexity index is 2180. The Balaban J connectivity index is 1.42. The molecule has 0 unspecified atom stereocenters. The van der Waals surface area contributed by atoms with E-state index in [2.05, 4.69) is 82.8 Å². The number of fused-ring (bicyclic) bond motifs is 2. The summed E-state index contributed by atoms with van der Waals surface area (Å²) >= 11 is 0. The molecule has 0 amide bonds. The second-order valence-corrected chi connectivity index (χ2v) is 12.4. The Kier molecular flexibility index (Phi) is 9.24. The number of aromatic nitrogens is 4. The molecule has 0 atom stereocenters. The van der Waals surface area contributed by atoms with E-state index in [0.29, 0.717) is 17.7 Å². The van der Waals surface area contributed by atoms with Gasteiger partial charge < -0.3 is 19.0 Å². The summed E-state index contributed by atoms with van der Waals surface area (Å²) in [5, 5.41) is 10.9.